The van der Waals surface area contributed by atoms with Crippen LogP contribution in [0.25, 0.3) is 0 Å². The molecular formula is C13H23NO2. The van der Waals surface area contributed by atoms with Crippen LogP contribution in [0.1, 0.15) is 58.3 Å². The Morgan fingerprint density at radius 3 is 2.44 bits per heavy atom. The quantitative estimate of drug-likeness (QED) is 0.796. The fourth-order valence-electron chi connectivity index (χ4n) is 2.79. The van der Waals surface area contributed by atoms with Gasteiger partial charge in [0.05, 0.1) is 12.0 Å². The van der Waals surface area contributed by atoms with Gasteiger partial charge in [-0.2, -0.15) is 0 Å². The minimum Gasteiger partial charge on any atom is -0.389 e. The van der Waals surface area contributed by atoms with Crippen molar-refractivity contribution in [2.75, 3.05) is 6.54 Å². The van der Waals surface area contributed by atoms with Crippen molar-refractivity contribution in [1.82, 2.24) is 4.90 Å². The average molecular weight is 225 g/mol. The van der Waals surface area contributed by atoms with Crippen molar-refractivity contribution in [2.45, 2.75) is 69.9 Å². The molecular weight excluding hydrogens is 202 g/mol. The van der Waals surface area contributed by atoms with Gasteiger partial charge in [0.15, 0.2) is 0 Å². The fraction of sp³-hybridized carbons (Fsp3) is 0.923. The van der Waals surface area contributed by atoms with Gasteiger partial charge in [0.1, 0.15) is 0 Å². The van der Waals surface area contributed by atoms with Crippen LogP contribution in [0, 0.1) is 0 Å². The second-order valence-corrected chi connectivity index (χ2v) is 5.37. The van der Waals surface area contributed by atoms with Gasteiger partial charge in [0, 0.05) is 12.6 Å². The maximum atomic E-state index is 12.1. The van der Waals surface area contributed by atoms with E-state index in [1.807, 2.05) is 11.8 Å². The van der Waals surface area contributed by atoms with Crippen molar-refractivity contribution in [3.8, 4) is 0 Å². The Morgan fingerprint density at radius 1 is 1.31 bits per heavy atom. The number of hydrogen-bond acceptors (Lipinski definition) is 2. The summed E-state index contributed by atoms with van der Waals surface area (Å²) in [5, 5.41) is 10.3. The minimum atomic E-state index is -0.697. The third-order valence-corrected chi connectivity index (χ3v) is 3.91. The van der Waals surface area contributed by atoms with E-state index in [0.717, 1.165) is 45.1 Å². The molecule has 2 aliphatic carbocycles. The molecule has 2 aliphatic rings. The summed E-state index contributed by atoms with van der Waals surface area (Å²) in [6, 6.07) is 0.477. The molecule has 2 rings (SSSR count). The number of amides is 1. The van der Waals surface area contributed by atoms with E-state index in [0.29, 0.717) is 12.5 Å². The molecule has 0 aromatic rings. The topological polar surface area (TPSA) is 40.5 Å². The summed E-state index contributed by atoms with van der Waals surface area (Å²) in [7, 11) is 0. The van der Waals surface area contributed by atoms with E-state index < -0.39 is 5.60 Å². The van der Waals surface area contributed by atoms with E-state index in [9.17, 15) is 9.90 Å². The molecule has 0 unspecified atom stereocenters. The van der Waals surface area contributed by atoms with Gasteiger partial charge in [-0.15, -0.1) is 0 Å². The Balaban J connectivity index is 1.89. The molecule has 3 heteroatoms. The van der Waals surface area contributed by atoms with Crippen LogP contribution in [0.5, 0.6) is 0 Å². The van der Waals surface area contributed by atoms with Crippen molar-refractivity contribution in [3.05, 3.63) is 0 Å². The van der Waals surface area contributed by atoms with Crippen LogP contribution in [-0.2, 0) is 4.79 Å². The SMILES string of the molecule is CCN(C(=O)CC1(O)CCCCC1)C1CC1. The average Bonchev–Trinajstić information content (AvgIpc) is 3.03. The number of carbonyl (C=O) groups is 1. The predicted molar refractivity (Wildman–Crippen MR) is 63.1 cm³/mol. The van der Waals surface area contributed by atoms with Gasteiger partial charge in [-0.1, -0.05) is 19.3 Å². The summed E-state index contributed by atoms with van der Waals surface area (Å²) in [4.78, 5) is 14.0. The molecule has 2 fully saturated rings. The first-order chi connectivity index (χ1) is 7.64. The Kier molecular flexibility index (Phi) is 3.53. The fourth-order valence-corrected chi connectivity index (χ4v) is 2.79. The van der Waals surface area contributed by atoms with Crippen LogP contribution in [0.15, 0.2) is 0 Å². The molecule has 0 saturated heterocycles. The first-order valence-corrected chi connectivity index (χ1v) is 6.66. The molecule has 92 valence electrons. The lowest BCUT2D eigenvalue weighted by molar-refractivity contribution is -0.138. The van der Waals surface area contributed by atoms with E-state index in [1.165, 1.54) is 6.42 Å². The lowest BCUT2D eigenvalue weighted by Gasteiger charge is -2.33. The van der Waals surface area contributed by atoms with Crippen molar-refractivity contribution >= 4 is 5.91 Å². The monoisotopic (exact) mass is 225 g/mol. The highest BCUT2D eigenvalue weighted by Gasteiger charge is 2.37. The molecule has 2 saturated carbocycles. The van der Waals surface area contributed by atoms with Crippen LogP contribution < -0.4 is 0 Å². The van der Waals surface area contributed by atoms with Gasteiger partial charge in [0.2, 0.25) is 5.91 Å². The van der Waals surface area contributed by atoms with Crippen LogP contribution in [-0.4, -0.2) is 34.1 Å². The standard InChI is InChI=1S/C13H23NO2/c1-2-14(11-6-7-11)12(15)10-13(16)8-4-3-5-9-13/h11,16H,2-10H2,1H3. The van der Waals surface area contributed by atoms with Gasteiger partial charge in [-0.3, -0.25) is 4.79 Å². The first kappa shape index (κ1) is 11.9. The van der Waals surface area contributed by atoms with Gasteiger partial charge in [-0.05, 0) is 32.6 Å². The maximum absolute atomic E-state index is 12.1. The lowest BCUT2D eigenvalue weighted by atomic mass is 9.82. The van der Waals surface area contributed by atoms with Crippen molar-refractivity contribution < 1.29 is 9.90 Å². The summed E-state index contributed by atoms with van der Waals surface area (Å²) in [5.41, 5.74) is -0.697. The molecule has 0 aromatic carbocycles. The summed E-state index contributed by atoms with van der Waals surface area (Å²) < 4.78 is 0. The largest absolute Gasteiger partial charge is 0.389 e. The predicted octanol–water partition coefficient (Wildman–Crippen LogP) is 2.08. The summed E-state index contributed by atoms with van der Waals surface area (Å²) in [6.07, 6.45) is 7.60. The van der Waals surface area contributed by atoms with Gasteiger partial charge in [-0.25, -0.2) is 0 Å². The number of carbonyl (C=O) groups excluding carboxylic acids is 1. The van der Waals surface area contributed by atoms with E-state index in [1.54, 1.807) is 0 Å². The second kappa shape index (κ2) is 4.74. The Bertz CT molecular complexity index is 255. The Labute approximate surface area is 97.8 Å². The molecule has 16 heavy (non-hydrogen) atoms. The highest BCUT2D eigenvalue weighted by molar-refractivity contribution is 5.78. The Hall–Kier alpha value is -0.570. The van der Waals surface area contributed by atoms with Crippen LogP contribution in [0.3, 0.4) is 0 Å². The van der Waals surface area contributed by atoms with E-state index >= 15 is 0 Å². The molecule has 0 spiro atoms. The zero-order chi connectivity index (χ0) is 11.6. The highest BCUT2D eigenvalue weighted by Crippen LogP contribution is 2.33. The zero-order valence-electron chi connectivity index (χ0n) is 10.2. The first-order valence-electron chi connectivity index (χ1n) is 6.66. The molecule has 0 radical (unpaired) electrons. The molecule has 0 heterocycles. The van der Waals surface area contributed by atoms with Gasteiger partial charge < -0.3 is 10.0 Å². The number of hydrogen-bond donors (Lipinski definition) is 1. The third-order valence-electron chi connectivity index (χ3n) is 3.91. The lowest BCUT2D eigenvalue weighted by Crippen LogP contribution is -2.41. The second-order valence-electron chi connectivity index (χ2n) is 5.37. The highest BCUT2D eigenvalue weighted by atomic mass is 16.3. The van der Waals surface area contributed by atoms with Crippen LogP contribution >= 0.6 is 0 Å². The van der Waals surface area contributed by atoms with Crippen molar-refractivity contribution in [1.29, 1.82) is 0 Å². The zero-order valence-corrected chi connectivity index (χ0v) is 10.2. The number of rotatable bonds is 4. The minimum absolute atomic E-state index is 0.161. The van der Waals surface area contributed by atoms with Crippen LogP contribution in [0.4, 0.5) is 0 Å². The molecule has 0 aromatic heterocycles. The molecule has 1 N–H and O–H groups in total. The van der Waals surface area contributed by atoms with Gasteiger partial charge in [0.25, 0.3) is 0 Å². The van der Waals surface area contributed by atoms with E-state index in [4.69, 9.17) is 0 Å². The Morgan fingerprint density at radius 2 is 1.94 bits per heavy atom. The van der Waals surface area contributed by atoms with Gasteiger partial charge >= 0.3 is 0 Å². The molecule has 0 bridgehead atoms. The van der Waals surface area contributed by atoms with E-state index in [2.05, 4.69) is 0 Å². The molecule has 0 atom stereocenters. The summed E-state index contributed by atoms with van der Waals surface area (Å²) >= 11 is 0. The number of aliphatic hydroxyl groups is 1. The maximum Gasteiger partial charge on any atom is 0.225 e. The summed E-state index contributed by atoms with van der Waals surface area (Å²) in [6.45, 7) is 2.82. The third kappa shape index (κ3) is 2.76. The molecule has 1 amide bonds. The smallest absolute Gasteiger partial charge is 0.225 e. The van der Waals surface area contributed by atoms with E-state index in [-0.39, 0.29) is 5.91 Å². The number of nitrogens with zero attached hydrogens (tertiary/aromatic N) is 1. The van der Waals surface area contributed by atoms with Crippen LogP contribution in [0.2, 0.25) is 0 Å². The molecule has 3 nitrogen and oxygen atoms in total. The van der Waals surface area contributed by atoms with Crippen molar-refractivity contribution in [2.24, 2.45) is 0 Å². The normalized spacial score (nSPS) is 24.1. The van der Waals surface area contributed by atoms with Crippen molar-refractivity contribution in [3.63, 3.8) is 0 Å². The molecule has 0 aliphatic heterocycles. The summed E-state index contributed by atoms with van der Waals surface area (Å²) in [5.74, 6) is 0.161.